The Labute approximate surface area is 172 Å². The summed E-state index contributed by atoms with van der Waals surface area (Å²) in [6.45, 7) is 1.74. The molecule has 1 heterocycles. The van der Waals surface area contributed by atoms with E-state index in [0.717, 1.165) is 0 Å². The number of nitrogens with zero attached hydrogens (tertiary/aromatic N) is 2. The van der Waals surface area contributed by atoms with Gasteiger partial charge >= 0.3 is 0 Å². The van der Waals surface area contributed by atoms with Crippen molar-refractivity contribution >= 4 is 24.0 Å². The molecule has 0 saturated carbocycles. The molecule has 0 aliphatic rings. The van der Waals surface area contributed by atoms with Gasteiger partial charge < -0.3 is 0 Å². The Morgan fingerprint density at radius 1 is 0.833 bits per heavy atom. The lowest BCUT2D eigenvalue weighted by Crippen LogP contribution is -2.28. The molecule has 0 saturated heterocycles. The average molecular weight is 404 g/mol. The first-order chi connectivity index (χ1) is 14.4. The first-order valence-electron chi connectivity index (χ1n) is 9.11. The predicted molar refractivity (Wildman–Crippen MR) is 111 cm³/mol. The number of halogens is 2. The van der Waals surface area contributed by atoms with Crippen LogP contribution >= 0.6 is 0 Å². The van der Waals surface area contributed by atoms with Crippen LogP contribution in [0.5, 0.6) is 0 Å². The van der Waals surface area contributed by atoms with Gasteiger partial charge in [-0.3, -0.25) is 14.2 Å². The molecule has 0 fully saturated rings. The molecule has 0 unspecified atom stereocenters. The summed E-state index contributed by atoms with van der Waals surface area (Å²) in [5.41, 5.74) is 2.16. The van der Waals surface area contributed by atoms with Crippen LogP contribution in [0.4, 0.5) is 8.78 Å². The maximum Gasteiger partial charge on any atom is 0.271 e. The topological polar surface area (TPSA) is 51.4 Å². The molecule has 0 aliphatic carbocycles. The van der Waals surface area contributed by atoms with Gasteiger partial charge in [-0.2, -0.15) is 4.99 Å². The van der Waals surface area contributed by atoms with Crippen molar-refractivity contribution in [1.29, 1.82) is 0 Å². The van der Waals surface area contributed by atoms with Crippen molar-refractivity contribution in [2.24, 2.45) is 4.99 Å². The van der Waals surface area contributed by atoms with Crippen LogP contribution in [0.25, 0.3) is 12.2 Å². The fourth-order valence-electron chi connectivity index (χ4n) is 2.63. The molecule has 3 rings (SSSR count). The highest BCUT2D eigenvalue weighted by atomic mass is 19.1. The van der Waals surface area contributed by atoms with Crippen LogP contribution in [0, 0.1) is 18.6 Å². The second kappa shape index (κ2) is 9.52. The number of allylic oxidation sites excluding steroid dienone is 1. The van der Waals surface area contributed by atoms with Crippen molar-refractivity contribution < 1.29 is 18.4 Å². The zero-order valence-electron chi connectivity index (χ0n) is 16.1. The number of rotatable bonds is 4. The van der Waals surface area contributed by atoms with Crippen LogP contribution in [0.2, 0.25) is 0 Å². The first-order valence-corrected chi connectivity index (χ1v) is 9.11. The Hall–Kier alpha value is -3.93. The zero-order chi connectivity index (χ0) is 21.5. The van der Waals surface area contributed by atoms with Crippen LogP contribution in [0.3, 0.4) is 0 Å². The number of amides is 1. The lowest BCUT2D eigenvalue weighted by atomic mass is 10.2. The molecule has 0 N–H and O–H groups in total. The molecule has 4 nitrogen and oxygen atoms in total. The predicted octanol–water partition coefficient (Wildman–Crippen LogP) is 4.57. The van der Waals surface area contributed by atoms with Gasteiger partial charge in [0.1, 0.15) is 17.1 Å². The van der Waals surface area contributed by atoms with E-state index in [-0.39, 0.29) is 17.1 Å². The lowest BCUT2D eigenvalue weighted by Gasteiger charge is -2.05. The Morgan fingerprint density at radius 3 is 1.93 bits per heavy atom. The second-order valence-electron chi connectivity index (χ2n) is 6.44. The molecule has 1 amide bonds. The molecule has 0 spiro atoms. The third kappa shape index (κ3) is 5.54. The highest BCUT2D eigenvalue weighted by Crippen LogP contribution is 2.06. The average Bonchev–Trinajstić information content (AvgIpc) is 2.74. The summed E-state index contributed by atoms with van der Waals surface area (Å²) in [6.07, 6.45) is 7.16. The Morgan fingerprint density at radius 2 is 1.37 bits per heavy atom. The molecular formula is C24H18F2N2O2. The normalized spacial score (nSPS) is 12.0. The van der Waals surface area contributed by atoms with Gasteiger partial charge in [0.2, 0.25) is 0 Å². The summed E-state index contributed by atoms with van der Waals surface area (Å²) < 4.78 is 27.2. The van der Waals surface area contributed by atoms with E-state index in [2.05, 4.69) is 4.99 Å². The highest BCUT2D eigenvalue weighted by Gasteiger charge is 2.05. The zero-order valence-corrected chi connectivity index (χ0v) is 16.1. The molecule has 2 aromatic carbocycles. The number of carbonyl (C=O) groups excluding carboxylic acids is 2. The molecule has 3 aromatic rings. The number of pyridine rings is 1. The second-order valence-corrected chi connectivity index (χ2v) is 6.44. The summed E-state index contributed by atoms with van der Waals surface area (Å²) in [7, 11) is 0. The molecule has 6 heteroatoms. The van der Waals surface area contributed by atoms with E-state index in [9.17, 15) is 18.4 Å². The van der Waals surface area contributed by atoms with Crippen LogP contribution in [0.1, 0.15) is 21.5 Å². The number of hydrogen-bond acceptors (Lipinski definition) is 2. The Bertz CT molecular complexity index is 1190. The summed E-state index contributed by atoms with van der Waals surface area (Å²) in [5.74, 6) is -1.69. The van der Waals surface area contributed by atoms with E-state index >= 15 is 0 Å². The highest BCUT2D eigenvalue weighted by molar-refractivity contribution is 5.95. The van der Waals surface area contributed by atoms with Crippen molar-refractivity contribution in [3.05, 3.63) is 113 Å². The standard InChI is InChI=1S/C24H18F2N2O2/c1-17-3-2-16-28(23(30)15-9-19-6-12-21(26)13-7-19)24(17)27-22(29)14-8-18-4-10-20(25)11-5-18/h2-16H,1H3. The number of benzene rings is 2. The van der Waals surface area contributed by atoms with Crippen LogP contribution < -0.4 is 5.49 Å². The number of hydrogen-bond donors (Lipinski definition) is 0. The first kappa shape index (κ1) is 20.8. The summed E-state index contributed by atoms with van der Waals surface area (Å²) in [5, 5.41) is 0. The van der Waals surface area contributed by atoms with Crippen LogP contribution in [0.15, 0.2) is 84.0 Å². The van der Waals surface area contributed by atoms with Gasteiger partial charge in [-0.1, -0.05) is 30.3 Å². The molecule has 0 radical (unpaired) electrons. The van der Waals surface area contributed by atoms with Crippen LogP contribution in [-0.4, -0.2) is 16.4 Å². The molecule has 0 atom stereocenters. The monoisotopic (exact) mass is 404 g/mol. The van der Waals surface area contributed by atoms with Crippen molar-refractivity contribution in [1.82, 2.24) is 4.57 Å². The minimum Gasteiger partial charge on any atom is -0.269 e. The third-order valence-electron chi connectivity index (χ3n) is 4.19. The van der Waals surface area contributed by atoms with E-state index in [1.165, 1.54) is 65.4 Å². The smallest absolute Gasteiger partial charge is 0.269 e. The van der Waals surface area contributed by atoms with Gasteiger partial charge in [-0.05, 0) is 66.1 Å². The maximum absolute atomic E-state index is 13.0. The van der Waals surface area contributed by atoms with Crippen molar-refractivity contribution in [2.75, 3.05) is 0 Å². The SMILES string of the molecule is Cc1cccn(C(=O)C=Cc2ccc(F)cc2)c1=NC(=O)C=Cc1ccc(F)cc1. The number of aromatic nitrogens is 1. The third-order valence-corrected chi connectivity index (χ3v) is 4.19. The summed E-state index contributed by atoms with van der Waals surface area (Å²) in [4.78, 5) is 29.0. The number of carbonyl (C=O) groups is 2. The van der Waals surface area contributed by atoms with Crippen molar-refractivity contribution in [3.63, 3.8) is 0 Å². The Balaban J connectivity index is 1.86. The summed E-state index contributed by atoms with van der Waals surface area (Å²) in [6, 6.07) is 14.8. The van der Waals surface area contributed by atoms with Gasteiger partial charge in [-0.25, -0.2) is 8.78 Å². The van der Waals surface area contributed by atoms with E-state index in [0.29, 0.717) is 16.7 Å². The van der Waals surface area contributed by atoms with Gasteiger partial charge in [0.15, 0.2) is 0 Å². The minimum atomic E-state index is -0.558. The number of aryl methyl sites for hydroxylation is 1. The molecular weight excluding hydrogens is 386 g/mol. The summed E-state index contributed by atoms with van der Waals surface area (Å²) >= 11 is 0. The van der Waals surface area contributed by atoms with Gasteiger partial charge in [0, 0.05) is 18.3 Å². The van der Waals surface area contributed by atoms with Gasteiger partial charge in [0.05, 0.1) is 0 Å². The quantitative estimate of drug-likeness (QED) is 0.598. The molecule has 30 heavy (non-hydrogen) atoms. The van der Waals surface area contributed by atoms with E-state index in [1.807, 2.05) is 0 Å². The largest absolute Gasteiger partial charge is 0.271 e. The van der Waals surface area contributed by atoms with Crippen molar-refractivity contribution in [3.8, 4) is 0 Å². The van der Waals surface area contributed by atoms with Crippen molar-refractivity contribution in [2.45, 2.75) is 6.92 Å². The van der Waals surface area contributed by atoms with Gasteiger partial charge in [0.25, 0.3) is 11.8 Å². The van der Waals surface area contributed by atoms with E-state index in [1.54, 1.807) is 37.3 Å². The molecule has 0 aliphatic heterocycles. The molecule has 150 valence electrons. The van der Waals surface area contributed by atoms with Crippen LogP contribution in [-0.2, 0) is 4.79 Å². The fourth-order valence-corrected chi connectivity index (χ4v) is 2.63. The van der Waals surface area contributed by atoms with E-state index < -0.39 is 11.8 Å². The molecule has 0 bridgehead atoms. The minimum absolute atomic E-state index is 0.208. The maximum atomic E-state index is 13.0. The lowest BCUT2D eigenvalue weighted by molar-refractivity contribution is -0.113. The van der Waals surface area contributed by atoms with E-state index in [4.69, 9.17) is 0 Å². The fraction of sp³-hybridized carbons (Fsp3) is 0.0417. The molecule has 1 aromatic heterocycles. The van der Waals surface area contributed by atoms with Gasteiger partial charge in [-0.15, -0.1) is 0 Å². The Kier molecular flexibility index (Phi) is 6.60.